The standard InChI is InChI=1S/C24H27N3O3/c1-15-24(19-10-18(30-3)7-8-21(19)25(15)2)22(28)14-26-11-16-9-17(13-26)20-5-4-6-23(29)27(20)12-16/h4-8,10,16-17H,9,11-14H2,1-3H3/p+1/t16-,17+/m0/s1. The highest BCUT2D eigenvalue weighted by atomic mass is 16.5. The fraction of sp³-hybridized carbons (Fsp3) is 0.417. The number of rotatable bonds is 4. The molecule has 0 spiro atoms. The van der Waals surface area contributed by atoms with Crippen molar-refractivity contribution in [2.75, 3.05) is 26.7 Å². The van der Waals surface area contributed by atoms with Gasteiger partial charge in [0.2, 0.25) is 5.78 Å². The van der Waals surface area contributed by atoms with Gasteiger partial charge in [0, 0.05) is 53.8 Å². The Morgan fingerprint density at radius 3 is 2.87 bits per heavy atom. The van der Waals surface area contributed by atoms with Crippen LogP contribution >= 0.6 is 0 Å². The lowest BCUT2D eigenvalue weighted by Gasteiger charge is -2.40. The number of quaternary nitrogens is 1. The van der Waals surface area contributed by atoms with Crippen LogP contribution in [0.3, 0.4) is 0 Å². The van der Waals surface area contributed by atoms with E-state index in [0.717, 1.165) is 59.7 Å². The van der Waals surface area contributed by atoms with E-state index < -0.39 is 0 Å². The smallest absolute Gasteiger partial charge is 0.250 e. The van der Waals surface area contributed by atoms with Crippen molar-refractivity contribution in [1.29, 1.82) is 0 Å². The Kier molecular flexibility index (Phi) is 4.54. The molecule has 0 aliphatic carbocycles. The molecule has 1 saturated heterocycles. The highest BCUT2D eigenvalue weighted by Crippen LogP contribution is 2.31. The van der Waals surface area contributed by atoms with Crippen LogP contribution in [0.4, 0.5) is 0 Å². The topological polar surface area (TPSA) is 57.7 Å². The molecule has 0 amide bonds. The number of benzene rings is 1. The number of hydrogen-bond acceptors (Lipinski definition) is 3. The molecule has 4 heterocycles. The quantitative estimate of drug-likeness (QED) is 0.669. The second-order valence-corrected chi connectivity index (χ2v) is 8.86. The Hall–Kier alpha value is -2.86. The maximum Gasteiger partial charge on any atom is 0.250 e. The van der Waals surface area contributed by atoms with E-state index in [9.17, 15) is 9.59 Å². The van der Waals surface area contributed by atoms with Gasteiger partial charge in [-0.2, -0.15) is 0 Å². The highest BCUT2D eigenvalue weighted by molar-refractivity contribution is 6.10. The van der Waals surface area contributed by atoms with Crippen LogP contribution in [-0.4, -0.2) is 41.7 Å². The number of likely N-dealkylation sites (tertiary alicyclic amines) is 1. The van der Waals surface area contributed by atoms with Gasteiger partial charge in [-0.1, -0.05) is 6.07 Å². The fourth-order valence-corrected chi connectivity index (χ4v) is 5.61. The van der Waals surface area contributed by atoms with E-state index >= 15 is 0 Å². The largest absolute Gasteiger partial charge is 0.497 e. The SMILES string of the molecule is COc1ccc2c(c1)c(C(=O)C[NH+]1C[C@@H]3C[C@H](C1)c1cccc(=O)n1C3)c(C)n2C. The minimum atomic E-state index is 0.0991. The maximum absolute atomic E-state index is 13.4. The molecule has 1 fully saturated rings. The number of aryl methyl sites for hydroxylation is 1. The summed E-state index contributed by atoms with van der Waals surface area (Å²) in [5, 5.41) is 0.966. The number of ketones is 1. The number of carbonyl (C=O) groups excluding carboxylic acids is 1. The number of nitrogens with one attached hydrogen (secondary N) is 1. The lowest BCUT2D eigenvalue weighted by Crippen LogP contribution is -3.15. The van der Waals surface area contributed by atoms with Crippen LogP contribution in [0.2, 0.25) is 0 Å². The number of hydrogen-bond donors (Lipinski definition) is 1. The van der Waals surface area contributed by atoms with E-state index in [-0.39, 0.29) is 11.3 Å². The molecular formula is C24H28N3O3+. The van der Waals surface area contributed by atoms with Crippen molar-refractivity contribution < 1.29 is 14.4 Å². The Labute approximate surface area is 175 Å². The molecule has 30 heavy (non-hydrogen) atoms. The number of pyridine rings is 1. The number of Topliss-reactive ketones (excluding diaryl/α,β-unsaturated/α-hetero) is 1. The molecule has 1 N–H and O–H groups in total. The van der Waals surface area contributed by atoms with Gasteiger partial charge in [0.1, 0.15) is 12.3 Å². The minimum Gasteiger partial charge on any atom is -0.497 e. The maximum atomic E-state index is 13.4. The van der Waals surface area contributed by atoms with Gasteiger partial charge in [0.25, 0.3) is 5.56 Å². The number of ether oxygens (including phenoxy) is 1. The van der Waals surface area contributed by atoms with Crippen LogP contribution < -0.4 is 15.2 Å². The van der Waals surface area contributed by atoms with Gasteiger partial charge in [-0.25, -0.2) is 0 Å². The van der Waals surface area contributed by atoms with Crippen molar-refractivity contribution >= 4 is 16.7 Å². The Bertz CT molecular complexity index is 1210. The van der Waals surface area contributed by atoms with Crippen LogP contribution in [0.15, 0.2) is 41.2 Å². The summed E-state index contributed by atoms with van der Waals surface area (Å²) in [7, 11) is 3.66. The third-order valence-corrected chi connectivity index (χ3v) is 7.06. The average molecular weight is 407 g/mol. The first kappa shape index (κ1) is 19.1. The van der Waals surface area contributed by atoms with E-state index in [0.29, 0.717) is 18.4 Å². The van der Waals surface area contributed by atoms with Gasteiger partial charge in [0.15, 0.2) is 0 Å². The third-order valence-electron chi connectivity index (χ3n) is 7.06. The first-order valence-electron chi connectivity index (χ1n) is 10.7. The Morgan fingerprint density at radius 2 is 2.07 bits per heavy atom. The Balaban J connectivity index is 1.43. The van der Waals surface area contributed by atoms with E-state index in [2.05, 4.69) is 10.6 Å². The summed E-state index contributed by atoms with van der Waals surface area (Å²) in [6.07, 6.45) is 1.12. The summed E-state index contributed by atoms with van der Waals surface area (Å²) in [6, 6.07) is 11.5. The molecule has 3 atom stereocenters. The summed E-state index contributed by atoms with van der Waals surface area (Å²) >= 11 is 0. The highest BCUT2D eigenvalue weighted by Gasteiger charge is 2.38. The normalized spacial score (nSPS) is 22.7. The molecule has 0 radical (unpaired) electrons. The second kappa shape index (κ2) is 7.13. The first-order chi connectivity index (χ1) is 14.5. The molecule has 5 rings (SSSR count). The lowest BCUT2D eigenvalue weighted by molar-refractivity contribution is -0.902. The predicted molar refractivity (Wildman–Crippen MR) is 116 cm³/mol. The van der Waals surface area contributed by atoms with Gasteiger partial charge < -0.3 is 18.8 Å². The summed E-state index contributed by atoms with van der Waals surface area (Å²) < 4.78 is 9.43. The van der Waals surface area contributed by atoms with E-state index in [4.69, 9.17) is 4.74 Å². The molecule has 0 saturated carbocycles. The van der Waals surface area contributed by atoms with Crippen LogP contribution in [0.1, 0.15) is 34.1 Å². The molecule has 2 aromatic heterocycles. The molecule has 2 aliphatic heterocycles. The Morgan fingerprint density at radius 1 is 1.23 bits per heavy atom. The first-order valence-corrected chi connectivity index (χ1v) is 10.7. The summed E-state index contributed by atoms with van der Waals surface area (Å²) in [5.74, 6) is 1.76. The van der Waals surface area contributed by atoms with Gasteiger partial charge in [-0.3, -0.25) is 9.59 Å². The molecule has 2 aliphatic rings. The average Bonchev–Trinajstić information content (AvgIpc) is 2.98. The van der Waals surface area contributed by atoms with Gasteiger partial charge >= 0.3 is 0 Å². The van der Waals surface area contributed by atoms with Gasteiger partial charge in [0.05, 0.1) is 25.8 Å². The van der Waals surface area contributed by atoms with Gasteiger partial charge in [-0.15, -0.1) is 0 Å². The van der Waals surface area contributed by atoms with Crippen LogP contribution in [0.25, 0.3) is 10.9 Å². The zero-order chi connectivity index (χ0) is 21.0. The van der Waals surface area contributed by atoms with Crippen LogP contribution in [0, 0.1) is 12.8 Å². The number of nitrogens with zero attached hydrogens (tertiary/aromatic N) is 2. The molecular weight excluding hydrogens is 378 g/mol. The molecule has 1 aromatic carbocycles. The second-order valence-electron chi connectivity index (χ2n) is 8.86. The zero-order valence-corrected chi connectivity index (χ0v) is 17.8. The van der Waals surface area contributed by atoms with Crippen molar-refractivity contribution in [2.24, 2.45) is 13.0 Å². The van der Waals surface area contributed by atoms with Crippen LogP contribution in [-0.2, 0) is 13.6 Å². The third kappa shape index (κ3) is 2.98. The molecule has 6 nitrogen and oxygen atoms in total. The van der Waals surface area contributed by atoms with Crippen LogP contribution in [0.5, 0.6) is 5.75 Å². The van der Waals surface area contributed by atoms with Crippen molar-refractivity contribution in [3.63, 3.8) is 0 Å². The molecule has 6 heteroatoms. The summed E-state index contributed by atoms with van der Waals surface area (Å²) in [4.78, 5) is 27.0. The summed E-state index contributed by atoms with van der Waals surface area (Å²) in [5.41, 5.74) is 4.09. The molecule has 2 bridgehead atoms. The van der Waals surface area contributed by atoms with Crippen molar-refractivity contribution in [1.82, 2.24) is 9.13 Å². The molecule has 156 valence electrons. The van der Waals surface area contributed by atoms with Crippen molar-refractivity contribution in [3.05, 3.63) is 63.7 Å². The number of aromatic nitrogens is 2. The minimum absolute atomic E-state index is 0.0991. The van der Waals surface area contributed by atoms with E-state index in [1.165, 1.54) is 4.90 Å². The monoisotopic (exact) mass is 406 g/mol. The predicted octanol–water partition coefficient (Wildman–Crippen LogP) is 1.54. The lowest BCUT2D eigenvalue weighted by atomic mass is 9.83. The van der Waals surface area contributed by atoms with E-state index in [1.807, 2.05) is 42.8 Å². The van der Waals surface area contributed by atoms with Gasteiger partial charge in [-0.05, 0) is 37.6 Å². The zero-order valence-electron chi connectivity index (χ0n) is 17.8. The number of piperidine rings is 1. The summed E-state index contributed by atoms with van der Waals surface area (Å²) in [6.45, 7) is 5.12. The van der Waals surface area contributed by atoms with Crippen molar-refractivity contribution in [3.8, 4) is 5.75 Å². The number of carbonyl (C=O) groups is 1. The molecule has 1 unspecified atom stereocenters. The number of fused-ring (bicyclic) bond motifs is 5. The number of methoxy groups -OCH3 is 1. The molecule has 3 aromatic rings. The van der Waals surface area contributed by atoms with Crippen molar-refractivity contribution in [2.45, 2.75) is 25.8 Å². The van der Waals surface area contributed by atoms with E-state index in [1.54, 1.807) is 13.2 Å². The fourth-order valence-electron chi connectivity index (χ4n) is 5.61.